The van der Waals surface area contributed by atoms with Gasteiger partial charge in [0.05, 0.1) is 5.69 Å². The van der Waals surface area contributed by atoms with Gasteiger partial charge < -0.3 is 5.32 Å². The van der Waals surface area contributed by atoms with Crippen molar-refractivity contribution in [2.75, 3.05) is 6.54 Å². The molecule has 0 unspecified atom stereocenters. The minimum Gasteiger partial charge on any atom is -0.311 e. The van der Waals surface area contributed by atoms with Crippen LogP contribution in [0.5, 0.6) is 0 Å². The highest BCUT2D eigenvalue weighted by Gasteiger charge is 1.97. The molecule has 0 aliphatic rings. The maximum atomic E-state index is 4.28. The van der Waals surface area contributed by atoms with E-state index < -0.39 is 0 Å². The van der Waals surface area contributed by atoms with E-state index >= 15 is 0 Å². The van der Waals surface area contributed by atoms with Crippen LogP contribution in [0.15, 0.2) is 48.7 Å². The molecule has 0 radical (unpaired) electrons. The zero-order valence-electron chi connectivity index (χ0n) is 10.2. The fraction of sp³-hybridized carbons (Fsp3) is 0.267. The van der Waals surface area contributed by atoms with Gasteiger partial charge in [-0.05, 0) is 43.1 Å². The van der Waals surface area contributed by atoms with Crippen LogP contribution in [-0.4, -0.2) is 11.5 Å². The van der Waals surface area contributed by atoms with Gasteiger partial charge in [-0.2, -0.15) is 0 Å². The molecule has 0 saturated heterocycles. The number of hydrogen-bond donors (Lipinski definition) is 1. The summed E-state index contributed by atoms with van der Waals surface area (Å²) in [5.74, 6) is 0. The molecule has 1 N–H and O–H groups in total. The molecule has 0 aliphatic carbocycles. The normalized spacial score (nSPS) is 10.4. The van der Waals surface area contributed by atoms with E-state index in [1.807, 2.05) is 24.4 Å². The Kier molecular flexibility index (Phi) is 4.28. The van der Waals surface area contributed by atoms with Crippen molar-refractivity contribution in [3.05, 3.63) is 65.5 Å². The maximum Gasteiger partial charge on any atom is 0.0541 e. The number of rotatable bonds is 5. The van der Waals surface area contributed by atoms with Crippen molar-refractivity contribution in [3.8, 4) is 0 Å². The predicted molar refractivity (Wildman–Crippen MR) is 70.8 cm³/mol. The van der Waals surface area contributed by atoms with Crippen molar-refractivity contribution in [1.82, 2.24) is 10.3 Å². The summed E-state index contributed by atoms with van der Waals surface area (Å²) >= 11 is 0. The van der Waals surface area contributed by atoms with Gasteiger partial charge in [-0.25, -0.2) is 0 Å². The first-order chi connectivity index (χ1) is 8.36. The summed E-state index contributed by atoms with van der Waals surface area (Å²) in [6.45, 7) is 3.99. The Hall–Kier alpha value is -1.67. The summed E-state index contributed by atoms with van der Waals surface area (Å²) in [6.07, 6.45) is 2.90. The average Bonchev–Trinajstić information content (AvgIpc) is 2.38. The number of aromatic nitrogens is 1. The Bertz CT molecular complexity index is 451. The van der Waals surface area contributed by atoms with Crippen molar-refractivity contribution in [1.29, 1.82) is 0 Å². The summed E-state index contributed by atoms with van der Waals surface area (Å²) in [6, 6.07) is 14.5. The second-order valence-corrected chi connectivity index (χ2v) is 4.17. The zero-order valence-corrected chi connectivity index (χ0v) is 10.2. The molecule has 0 bridgehead atoms. The molecule has 1 aromatic heterocycles. The summed E-state index contributed by atoms with van der Waals surface area (Å²) in [7, 11) is 0. The van der Waals surface area contributed by atoms with Crippen molar-refractivity contribution < 1.29 is 0 Å². The lowest BCUT2D eigenvalue weighted by Gasteiger charge is -2.06. The van der Waals surface area contributed by atoms with Crippen LogP contribution in [0.4, 0.5) is 0 Å². The van der Waals surface area contributed by atoms with Crippen molar-refractivity contribution in [2.24, 2.45) is 0 Å². The van der Waals surface area contributed by atoms with Crippen LogP contribution in [0, 0.1) is 6.92 Å². The smallest absolute Gasteiger partial charge is 0.0541 e. The molecular weight excluding hydrogens is 208 g/mol. The van der Waals surface area contributed by atoms with Crippen molar-refractivity contribution >= 4 is 0 Å². The zero-order chi connectivity index (χ0) is 11.9. The van der Waals surface area contributed by atoms with Crippen LogP contribution < -0.4 is 5.32 Å². The van der Waals surface area contributed by atoms with Gasteiger partial charge in [0.25, 0.3) is 0 Å². The van der Waals surface area contributed by atoms with Crippen molar-refractivity contribution in [2.45, 2.75) is 19.9 Å². The molecule has 0 amide bonds. The highest BCUT2D eigenvalue weighted by atomic mass is 14.9. The lowest BCUT2D eigenvalue weighted by atomic mass is 10.1. The highest BCUT2D eigenvalue weighted by Crippen LogP contribution is 2.06. The first-order valence-corrected chi connectivity index (χ1v) is 6.01. The van der Waals surface area contributed by atoms with Crippen LogP contribution in [0.25, 0.3) is 0 Å². The Morgan fingerprint density at radius 3 is 2.65 bits per heavy atom. The van der Waals surface area contributed by atoms with E-state index in [2.05, 4.69) is 41.5 Å². The number of pyridine rings is 1. The van der Waals surface area contributed by atoms with Gasteiger partial charge in [0.2, 0.25) is 0 Å². The molecule has 0 spiro atoms. The molecule has 2 heteroatoms. The van der Waals surface area contributed by atoms with E-state index in [0.717, 1.165) is 25.2 Å². The van der Waals surface area contributed by atoms with Gasteiger partial charge in [0, 0.05) is 12.7 Å². The molecule has 0 atom stereocenters. The van der Waals surface area contributed by atoms with E-state index in [4.69, 9.17) is 0 Å². The van der Waals surface area contributed by atoms with E-state index in [9.17, 15) is 0 Å². The SMILES string of the molecule is Cc1ccccc1CCNCc1ccccn1. The summed E-state index contributed by atoms with van der Waals surface area (Å²) in [5, 5.41) is 3.41. The molecule has 2 nitrogen and oxygen atoms in total. The molecule has 88 valence electrons. The number of benzene rings is 1. The summed E-state index contributed by atoms with van der Waals surface area (Å²) in [4.78, 5) is 4.28. The minimum absolute atomic E-state index is 0.840. The number of nitrogens with zero attached hydrogens (tertiary/aromatic N) is 1. The standard InChI is InChI=1S/C15H18N2/c1-13-6-2-3-7-14(13)9-11-16-12-15-8-4-5-10-17-15/h2-8,10,16H,9,11-12H2,1H3. The predicted octanol–water partition coefficient (Wildman–Crippen LogP) is 2.72. The average molecular weight is 226 g/mol. The third-order valence-corrected chi connectivity index (χ3v) is 2.86. The maximum absolute atomic E-state index is 4.28. The molecule has 2 aromatic rings. The van der Waals surface area contributed by atoms with Crippen LogP contribution in [0.1, 0.15) is 16.8 Å². The molecule has 0 saturated carbocycles. The van der Waals surface area contributed by atoms with Crippen LogP contribution >= 0.6 is 0 Å². The van der Waals surface area contributed by atoms with E-state index in [1.54, 1.807) is 0 Å². The fourth-order valence-corrected chi connectivity index (χ4v) is 1.83. The molecule has 1 heterocycles. The Morgan fingerprint density at radius 2 is 1.88 bits per heavy atom. The summed E-state index contributed by atoms with van der Waals surface area (Å²) in [5.41, 5.74) is 3.88. The fourth-order valence-electron chi connectivity index (χ4n) is 1.83. The van der Waals surface area contributed by atoms with Crippen LogP contribution in [0.3, 0.4) is 0 Å². The molecule has 17 heavy (non-hydrogen) atoms. The molecule has 0 fully saturated rings. The number of aryl methyl sites for hydroxylation is 1. The second kappa shape index (κ2) is 6.16. The van der Waals surface area contributed by atoms with E-state index in [0.29, 0.717) is 0 Å². The van der Waals surface area contributed by atoms with Crippen LogP contribution in [-0.2, 0) is 13.0 Å². The lowest BCUT2D eigenvalue weighted by molar-refractivity contribution is 0.673. The van der Waals surface area contributed by atoms with Gasteiger partial charge in [-0.1, -0.05) is 30.3 Å². The van der Waals surface area contributed by atoms with Gasteiger partial charge in [0.15, 0.2) is 0 Å². The third-order valence-electron chi connectivity index (χ3n) is 2.86. The van der Waals surface area contributed by atoms with Gasteiger partial charge in [0.1, 0.15) is 0 Å². The Morgan fingerprint density at radius 1 is 1.06 bits per heavy atom. The largest absolute Gasteiger partial charge is 0.311 e. The summed E-state index contributed by atoms with van der Waals surface area (Å²) < 4.78 is 0. The quantitative estimate of drug-likeness (QED) is 0.793. The molecule has 0 aliphatic heterocycles. The highest BCUT2D eigenvalue weighted by molar-refractivity contribution is 5.25. The van der Waals surface area contributed by atoms with E-state index in [-0.39, 0.29) is 0 Å². The topological polar surface area (TPSA) is 24.9 Å². The van der Waals surface area contributed by atoms with Crippen LogP contribution in [0.2, 0.25) is 0 Å². The lowest BCUT2D eigenvalue weighted by Crippen LogP contribution is -2.17. The van der Waals surface area contributed by atoms with Crippen molar-refractivity contribution in [3.63, 3.8) is 0 Å². The van der Waals surface area contributed by atoms with Gasteiger partial charge >= 0.3 is 0 Å². The number of hydrogen-bond acceptors (Lipinski definition) is 2. The van der Waals surface area contributed by atoms with Gasteiger partial charge in [-0.15, -0.1) is 0 Å². The minimum atomic E-state index is 0.840. The monoisotopic (exact) mass is 226 g/mol. The Balaban J connectivity index is 1.76. The Labute approximate surface area is 103 Å². The number of nitrogens with one attached hydrogen (secondary N) is 1. The molecular formula is C15H18N2. The molecule has 1 aromatic carbocycles. The molecule has 2 rings (SSSR count). The first kappa shape index (κ1) is 11.8. The third kappa shape index (κ3) is 3.68. The van der Waals surface area contributed by atoms with E-state index in [1.165, 1.54) is 11.1 Å². The first-order valence-electron chi connectivity index (χ1n) is 6.01. The second-order valence-electron chi connectivity index (χ2n) is 4.17. The van der Waals surface area contributed by atoms with Gasteiger partial charge in [-0.3, -0.25) is 4.98 Å².